The van der Waals surface area contributed by atoms with Gasteiger partial charge in [-0.25, -0.2) is 13.2 Å². The summed E-state index contributed by atoms with van der Waals surface area (Å²) in [6, 6.07) is 6.85. The van der Waals surface area contributed by atoms with Crippen LogP contribution in [0.2, 0.25) is 0 Å². The Bertz CT molecular complexity index is 768. The van der Waals surface area contributed by atoms with Gasteiger partial charge in [0.05, 0.1) is 18.8 Å². The van der Waals surface area contributed by atoms with Crippen LogP contribution in [0.3, 0.4) is 0 Å². The molecule has 1 amide bonds. The monoisotopic (exact) mass is 352 g/mol. The van der Waals surface area contributed by atoms with Crippen LogP contribution in [0, 0.1) is 17.5 Å². The van der Waals surface area contributed by atoms with Crippen molar-refractivity contribution in [2.45, 2.75) is 19.5 Å². The topological polar surface area (TPSA) is 41.6 Å². The van der Waals surface area contributed by atoms with E-state index in [-0.39, 0.29) is 11.4 Å². The lowest BCUT2D eigenvalue weighted by molar-refractivity contribution is -0.120. The Kier molecular flexibility index (Phi) is 6.03. The molecule has 0 spiro atoms. The molecule has 2 aromatic rings. The molecule has 2 aromatic carbocycles. The van der Waals surface area contributed by atoms with Crippen LogP contribution in [0.1, 0.15) is 12.5 Å². The Hall–Kier alpha value is -2.54. The first-order valence-corrected chi connectivity index (χ1v) is 7.60. The van der Waals surface area contributed by atoms with Crippen LogP contribution in [0.25, 0.3) is 0 Å². The molecule has 25 heavy (non-hydrogen) atoms. The van der Waals surface area contributed by atoms with Gasteiger partial charge in [-0.05, 0) is 43.8 Å². The lowest BCUT2D eigenvalue weighted by Gasteiger charge is -2.24. The molecule has 1 N–H and O–H groups in total. The van der Waals surface area contributed by atoms with E-state index in [4.69, 9.17) is 4.74 Å². The predicted octanol–water partition coefficient (Wildman–Crippen LogP) is 3.57. The van der Waals surface area contributed by atoms with Crippen LogP contribution in [-0.2, 0) is 11.3 Å². The molecule has 0 fully saturated rings. The van der Waals surface area contributed by atoms with E-state index in [1.165, 1.54) is 19.2 Å². The fourth-order valence-corrected chi connectivity index (χ4v) is 2.26. The van der Waals surface area contributed by atoms with Gasteiger partial charge in [0.2, 0.25) is 5.91 Å². The van der Waals surface area contributed by atoms with Gasteiger partial charge in [0, 0.05) is 12.6 Å². The highest BCUT2D eigenvalue weighted by Gasteiger charge is 2.20. The van der Waals surface area contributed by atoms with Gasteiger partial charge >= 0.3 is 0 Å². The molecule has 1 atom stereocenters. The minimum atomic E-state index is -0.847. The van der Waals surface area contributed by atoms with Crippen LogP contribution < -0.4 is 10.1 Å². The maximum atomic E-state index is 13.7. The molecule has 0 heterocycles. The minimum Gasteiger partial charge on any atom is -0.494 e. The summed E-state index contributed by atoms with van der Waals surface area (Å²) in [6.07, 6.45) is 0. The number of carbonyl (C=O) groups excluding carboxylic acids is 1. The molecule has 0 aliphatic rings. The van der Waals surface area contributed by atoms with Crippen molar-refractivity contribution in [3.8, 4) is 5.75 Å². The van der Waals surface area contributed by atoms with Crippen LogP contribution in [0.15, 0.2) is 36.4 Å². The number of likely N-dealkylation sites (N-methyl/N-ethyl adjacent to an activating group) is 1. The van der Waals surface area contributed by atoms with Crippen molar-refractivity contribution in [3.63, 3.8) is 0 Å². The number of nitrogens with zero attached hydrogens (tertiary/aromatic N) is 1. The van der Waals surface area contributed by atoms with Crippen molar-refractivity contribution in [1.82, 2.24) is 4.90 Å². The zero-order chi connectivity index (χ0) is 18.6. The molecular weight excluding hydrogens is 333 g/mol. The maximum Gasteiger partial charge on any atom is 0.241 e. The summed E-state index contributed by atoms with van der Waals surface area (Å²) in [5, 5.41) is 2.42. The number of hydrogen-bond acceptors (Lipinski definition) is 3. The number of hydrogen-bond donors (Lipinski definition) is 1. The van der Waals surface area contributed by atoms with Crippen LogP contribution >= 0.6 is 0 Å². The van der Waals surface area contributed by atoms with Crippen molar-refractivity contribution in [2.75, 3.05) is 19.5 Å². The predicted molar refractivity (Wildman–Crippen MR) is 88.9 cm³/mol. The average Bonchev–Trinajstić information content (AvgIpc) is 2.56. The zero-order valence-electron chi connectivity index (χ0n) is 14.1. The van der Waals surface area contributed by atoms with Crippen molar-refractivity contribution in [3.05, 3.63) is 59.4 Å². The van der Waals surface area contributed by atoms with E-state index in [0.29, 0.717) is 18.2 Å². The van der Waals surface area contributed by atoms with Crippen LogP contribution in [0.5, 0.6) is 5.75 Å². The molecule has 0 saturated carbocycles. The van der Waals surface area contributed by atoms with E-state index in [2.05, 4.69) is 5.32 Å². The highest BCUT2D eigenvalue weighted by atomic mass is 19.1. The largest absolute Gasteiger partial charge is 0.494 e. The maximum absolute atomic E-state index is 13.7. The summed E-state index contributed by atoms with van der Waals surface area (Å²) < 4.78 is 45.1. The first-order chi connectivity index (χ1) is 11.8. The lowest BCUT2D eigenvalue weighted by atomic mass is 10.1. The van der Waals surface area contributed by atoms with Gasteiger partial charge in [0.15, 0.2) is 11.6 Å². The Balaban J connectivity index is 2.02. The minimum absolute atomic E-state index is 0.0952. The lowest BCUT2D eigenvalue weighted by Crippen LogP contribution is -2.39. The van der Waals surface area contributed by atoms with Gasteiger partial charge in [0.25, 0.3) is 0 Å². The molecule has 0 aliphatic heterocycles. The van der Waals surface area contributed by atoms with Gasteiger partial charge in [-0.3, -0.25) is 9.69 Å². The molecule has 0 unspecified atom stereocenters. The van der Waals surface area contributed by atoms with E-state index in [9.17, 15) is 18.0 Å². The number of halogens is 3. The van der Waals surface area contributed by atoms with Crippen LogP contribution in [-0.4, -0.2) is 31.0 Å². The van der Waals surface area contributed by atoms with Crippen LogP contribution in [0.4, 0.5) is 18.9 Å². The number of nitrogens with one attached hydrogen (secondary N) is 1. The van der Waals surface area contributed by atoms with Crippen molar-refractivity contribution >= 4 is 11.6 Å². The number of carbonyl (C=O) groups is 1. The summed E-state index contributed by atoms with van der Waals surface area (Å²) in [7, 11) is 3.07. The quantitative estimate of drug-likeness (QED) is 0.864. The summed E-state index contributed by atoms with van der Waals surface area (Å²) in [4.78, 5) is 13.9. The third kappa shape index (κ3) is 4.73. The Morgan fingerprint density at radius 3 is 2.48 bits per heavy atom. The fourth-order valence-electron chi connectivity index (χ4n) is 2.26. The number of amides is 1. The molecule has 7 heteroatoms. The highest BCUT2D eigenvalue weighted by Crippen LogP contribution is 2.19. The molecular formula is C18H19F3N2O2. The van der Waals surface area contributed by atoms with E-state index in [1.54, 1.807) is 24.9 Å². The van der Waals surface area contributed by atoms with E-state index < -0.39 is 29.4 Å². The average molecular weight is 352 g/mol. The summed E-state index contributed by atoms with van der Waals surface area (Å²) >= 11 is 0. The molecule has 0 aromatic heterocycles. The number of ether oxygens (including phenoxy) is 1. The summed E-state index contributed by atoms with van der Waals surface area (Å²) in [5.41, 5.74) is 0.565. The highest BCUT2D eigenvalue weighted by molar-refractivity contribution is 5.94. The van der Waals surface area contributed by atoms with E-state index in [1.807, 2.05) is 0 Å². The summed E-state index contributed by atoms with van der Waals surface area (Å²) in [5.74, 6) is -2.37. The Morgan fingerprint density at radius 1 is 1.16 bits per heavy atom. The molecule has 2 rings (SSSR count). The van der Waals surface area contributed by atoms with Gasteiger partial charge in [-0.2, -0.15) is 0 Å². The molecule has 0 aliphatic carbocycles. The first-order valence-electron chi connectivity index (χ1n) is 7.60. The second kappa shape index (κ2) is 8.02. The van der Waals surface area contributed by atoms with Gasteiger partial charge in [-0.1, -0.05) is 6.07 Å². The third-order valence-electron chi connectivity index (χ3n) is 3.88. The van der Waals surface area contributed by atoms with Gasteiger partial charge in [0.1, 0.15) is 11.6 Å². The second-order valence-corrected chi connectivity index (χ2v) is 5.67. The number of rotatable bonds is 6. The van der Waals surface area contributed by atoms with Gasteiger partial charge in [-0.15, -0.1) is 0 Å². The normalized spacial score (nSPS) is 12.1. The molecule has 0 bridgehead atoms. The van der Waals surface area contributed by atoms with Crippen molar-refractivity contribution in [2.24, 2.45) is 0 Å². The van der Waals surface area contributed by atoms with Crippen molar-refractivity contribution in [1.29, 1.82) is 0 Å². The Labute approximate surface area is 144 Å². The Morgan fingerprint density at radius 2 is 1.88 bits per heavy atom. The number of anilines is 1. The fraction of sp³-hybridized carbons (Fsp3) is 0.278. The SMILES string of the molecule is COc1ccc(CN(C)[C@@H](C)C(=O)Nc2ccc(F)cc2F)cc1F. The molecule has 134 valence electrons. The zero-order valence-corrected chi connectivity index (χ0v) is 14.1. The number of methoxy groups -OCH3 is 1. The second-order valence-electron chi connectivity index (χ2n) is 5.67. The smallest absolute Gasteiger partial charge is 0.241 e. The van der Waals surface area contributed by atoms with E-state index >= 15 is 0 Å². The molecule has 0 radical (unpaired) electrons. The first kappa shape index (κ1) is 18.8. The van der Waals surface area contributed by atoms with Gasteiger partial charge < -0.3 is 10.1 Å². The summed E-state index contributed by atoms with van der Waals surface area (Å²) in [6.45, 7) is 1.94. The molecule has 0 saturated heterocycles. The standard InChI is InChI=1S/C18H19F3N2O2/c1-11(18(24)22-16-6-5-13(19)9-14(16)20)23(2)10-12-4-7-17(25-3)15(21)8-12/h4-9,11H,10H2,1-3H3,(H,22,24)/t11-/m0/s1. The molecule has 4 nitrogen and oxygen atoms in total. The number of benzene rings is 2. The van der Waals surface area contributed by atoms with E-state index in [0.717, 1.165) is 12.1 Å². The third-order valence-corrected chi connectivity index (χ3v) is 3.88. The van der Waals surface area contributed by atoms with Crippen molar-refractivity contribution < 1.29 is 22.7 Å².